The molecule has 31 heavy (non-hydrogen) atoms. The second-order valence-electron chi connectivity index (χ2n) is 7.36. The third-order valence-corrected chi connectivity index (χ3v) is 8.32. The van der Waals surface area contributed by atoms with Crippen molar-refractivity contribution < 1.29 is 22.7 Å². The predicted molar refractivity (Wildman–Crippen MR) is 122 cm³/mol. The molecule has 0 aromatic heterocycles. The van der Waals surface area contributed by atoms with Crippen molar-refractivity contribution in [2.45, 2.75) is 23.6 Å². The zero-order chi connectivity index (χ0) is 22.6. The summed E-state index contributed by atoms with van der Waals surface area (Å²) in [5.74, 6) is 1.19. The summed E-state index contributed by atoms with van der Waals surface area (Å²) in [5.41, 5.74) is 2.31. The van der Waals surface area contributed by atoms with Gasteiger partial charge in [0.1, 0.15) is 0 Å². The van der Waals surface area contributed by atoms with Crippen molar-refractivity contribution in [3.8, 4) is 11.5 Å². The van der Waals surface area contributed by atoms with Crippen LogP contribution in [0.25, 0.3) is 0 Å². The monoisotopic (exact) mass is 464 g/mol. The Morgan fingerprint density at radius 2 is 1.65 bits per heavy atom. The van der Waals surface area contributed by atoms with E-state index in [9.17, 15) is 13.2 Å². The molecule has 0 N–H and O–H groups in total. The number of nitrogens with zero attached hydrogens (tertiary/aromatic N) is 2. The van der Waals surface area contributed by atoms with Crippen LogP contribution in [0.1, 0.15) is 11.1 Å². The molecule has 168 valence electrons. The minimum Gasteiger partial charge on any atom is -0.493 e. The molecule has 1 aliphatic heterocycles. The highest BCUT2D eigenvalue weighted by Crippen LogP contribution is 2.31. The van der Waals surface area contributed by atoms with Crippen molar-refractivity contribution in [2.24, 2.45) is 0 Å². The lowest BCUT2D eigenvalue weighted by Gasteiger charge is -2.34. The minimum absolute atomic E-state index is 0.0223. The molecule has 0 saturated carbocycles. The van der Waals surface area contributed by atoms with Crippen molar-refractivity contribution in [2.75, 3.05) is 46.2 Å². The van der Waals surface area contributed by atoms with Gasteiger partial charge in [0.05, 0.1) is 24.9 Å². The summed E-state index contributed by atoms with van der Waals surface area (Å²) < 4.78 is 37.9. The van der Waals surface area contributed by atoms with Crippen LogP contribution in [0.2, 0.25) is 0 Å². The Labute approximate surface area is 188 Å². The first-order valence-electron chi connectivity index (χ1n) is 9.96. The van der Waals surface area contributed by atoms with E-state index in [4.69, 9.17) is 9.47 Å². The number of sulfonamides is 1. The number of hydrogen-bond acceptors (Lipinski definition) is 6. The predicted octanol–water partition coefficient (Wildman–Crippen LogP) is 2.95. The number of rotatable bonds is 7. The summed E-state index contributed by atoms with van der Waals surface area (Å²) in [5, 5.41) is 0. The van der Waals surface area contributed by atoms with Crippen LogP contribution >= 0.6 is 11.8 Å². The molecule has 0 unspecified atom stereocenters. The van der Waals surface area contributed by atoms with Crippen molar-refractivity contribution in [3.63, 3.8) is 0 Å². The highest BCUT2D eigenvalue weighted by Gasteiger charge is 2.30. The van der Waals surface area contributed by atoms with Crippen LogP contribution in [-0.2, 0) is 14.8 Å². The maximum Gasteiger partial charge on any atom is 0.243 e. The van der Waals surface area contributed by atoms with E-state index in [1.54, 1.807) is 11.0 Å². The number of benzene rings is 2. The largest absolute Gasteiger partial charge is 0.493 e. The SMILES string of the molecule is COc1ccc(S(=O)(=O)N2CCN(C(=O)CSc3cc(C)ccc3C)CC2)cc1OC. The lowest BCUT2D eigenvalue weighted by molar-refractivity contribution is -0.129. The van der Waals surface area contributed by atoms with Crippen molar-refractivity contribution in [3.05, 3.63) is 47.5 Å². The van der Waals surface area contributed by atoms with Crippen LogP contribution < -0.4 is 9.47 Å². The number of aryl methyl sites for hydroxylation is 2. The summed E-state index contributed by atoms with van der Waals surface area (Å²) in [7, 11) is -0.712. The lowest BCUT2D eigenvalue weighted by Crippen LogP contribution is -2.50. The van der Waals surface area contributed by atoms with Crippen molar-refractivity contribution >= 4 is 27.7 Å². The Morgan fingerprint density at radius 1 is 0.968 bits per heavy atom. The standard InChI is InChI=1S/C22H28N2O5S2/c1-16-5-6-17(2)21(13-16)30-15-22(25)23-9-11-24(12-10-23)31(26,27)18-7-8-19(28-3)20(14-18)29-4/h5-8,13-14H,9-12,15H2,1-4H3. The van der Waals surface area contributed by atoms with E-state index in [0.29, 0.717) is 30.3 Å². The summed E-state index contributed by atoms with van der Waals surface area (Å²) in [6, 6.07) is 10.7. The maximum absolute atomic E-state index is 13.0. The molecule has 7 nitrogen and oxygen atoms in total. The van der Waals surface area contributed by atoms with Crippen LogP contribution in [0.5, 0.6) is 11.5 Å². The third kappa shape index (κ3) is 5.34. The average molecular weight is 465 g/mol. The number of amides is 1. The smallest absolute Gasteiger partial charge is 0.243 e. The average Bonchev–Trinajstić information content (AvgIpc) is 2.78. The van der Waals surface area contributed by atoms with Gasteiger partial charge >= 0.3 is 0 Å². The Kier molecular flexibility index (Phi) is 7.51. The fourth-order valence-corrected chi connectivity index (χ4v) is 5.86. The fourth-order valence-electron chi connectivity index (χ4n) is 3.40. The fraction of sp³-hybridized carbons (Fsp3) is 0.409. The van der Waals surface area contributed by atoms with Crippen molar-refractivity contribution in [1.82, 2.24) is 9.21 Å². The van der Waals surface area contributed by atoms with Gasteiger partial charge in [-0.25, -0.2) is 8.42 Å². The molecule has 9 heteroatoms. The molecule has 1 amide bonds. The van der Waals surface area contributed by atoms with E-state index in [1.807, 2.05) is 13.8 Å². The van der Waals surface area contributed by atoms with Crippen LogP contribution in [0.3, 0.4) is 0 Å². The van der Waals surface area contributed by atoms with Gasteiger partial charge in [-0.1, -0.05) is 17.7 Å². The summed E-state index contributed by atoms with van der Waals surface area (Å²) >= 11 is 1.52. The molecule has 1 saturated heterocycles. The van der Waals surface area contributed by atoms with Gasteiger partial charge in [0, 0.05) is 37.1 Å². The van der Waals surface area contributed by atoms with Crippen molar-refractivity contribution in [1.29, 1.82) is 0 Å². The van der Waals surface area contributed by atoms with E-state index in [2.05, 4.69) is 18.2 Å². The van der Waals surface area contributed by atoms with Gasteiger partial charge in [0.2, 0.25) is 15.9 Å². The first-order chi connectivity index (χ1) is 14.8. The Morgan fingerprint density at radius 3 is 2.29 bits per heavy atom. The molecule has 3 rings (SSSR count). The van der Waals surface area contributed by atoms with Crippen LogP contribution in [0, 0.1) is 13.8 Å². The minimum atomic E-state index is -3.68. The molecule has 0 spiro atoms. The van der Waals surface area contributed by atoms with E-state index in [-0.39, 0.29) is 23.9 Å². The molecular formula is C22H28N2O5S2. The van der Waals surface area contributed by atoms with Crippen LogP contribution in [0.4, 0.5) is 0 Å². The van der Waals surface area contributed by atoms with Gasteiger partial charge in [-0.3, -0.25) is 4.79 Å². The Hall–Kier alpha value is -2.23. The number of methoxy groups -OCH3 is 2. The number of thioether (sulfide) groups is 1. The van der Waals surface area contributed by atoms with Gasteiger partial charge in [-0.05, 0) is 37.6 Å². The molecular weight excluding hydrogens is 436 g/mol. The number of piperazine rings is 1. The normalized spacial score (nSPS) is 15.0. The highest BCUT2D eigenvalue weighted by atomic mass is 32.2. The molecule has 1 aliphatic rings. The van der Waals surface area contributed by atoms with Crippen LogP contribution in [-0.4, -0.2) is 69.7 Å². The number of carbonyl (C=O) groups is 1. The van der Waals surface area contributed by atoms with Gasteiger partial charge in [-0.2, -0.15) is 4.31 Å². The second kappa shape index (κ2) is 9.93. The van der Waals surface area contributed by atoms with E-state index < -0.39 is 10.0 Å². The summed E-state index contributed by atoms with van der Waals surface area (Å²) in [4.78, 5) is 15.6. The van der Waals surface area contributed by atoms with Gasteiger partial charge in [0.15, 0.2) is 11.5 Å². The zero-order valence-corrected chi connectivity index (χ0v) is 19.9. The quantitative estimate of drug-likeness (QED) is 0.587. The first-order valence-corrected chi connectivity index (χ1v) is 12.4. The number of carbonyl (C=O) groups excluding carboxylic acids is 1. The maximum atomic E-state index is 13.0. The third-order valence-electron chi connectivity index (χ3n) is 5.28. The Balaban J connectivity index is 1.60. The molecule has 1 fully saturated rings. The summed E-state index contributed by atoms with van der Waals surface area (Å²) in [6.07, 6.45) is 0. The first kappa shape index (κ1) is 23.4. The topological polar surface area (TPSA) is 76.2 Å². The second-order valence-corrected chi connectivity index (χ2v) is 10.3. The van der Waals surface area contributed by atoms with Gasteiger partial charge in [-0.15, -0.1) is 11.8 Å². The van der Waals surface area contributed by atoms with E-state index in [1.165, 1.54) is 42.4 Å². The number of hydrogen-bond donors (Lipinski definition) is 0. The molecule has 0 radical (unpaired) electrons. The molecule has 1 heterocycles. The number of ether oxygens (including phenoxy) is 2. The highest BCUT2D eigenvalue weighted by molar-refractivity contribution is 8.00. The lowest BCUT2D eigenvalue weighted by atomic mass is 10.2. The molecule has 2 aromatic rings. The van der Waals surface area contributed by atoms with E-state index in [0.717, 1.165) is 16.0 Å². The summed E-state index contributed by atoms with van der Waals surface area (Å²) in [6.45, 7) is 5.33. The van der Waals surface area contributed by atoms with Gasteiger partial charge in [0.25, 0.3) is 0 Å². The van der Waals surface area contributed by atoms with Crippen LogP contribution in [0.15, 0.2) is 46.2 Å². The van der Waals surface area contributed by atoms with E-state index >= 15 is 0 Å². The zero-order valence-electron chi connectivity index (χ0n) is 18.3. The Bertz CT molecular complexity index is 1050. The van der Waals surface area contributed by atoms with Gasteiger partial charge < -0.3 is 14.4 Å². The molecule has 0 atom stereocenters. The molecule has 2 aromatic carbocycles. The molecule has 0 aliphatic carbocycles. The molecule has 0 bridgehead atoms.